The van der Waals surface area contributed by atoms with Gasteiger partial charge < -0.3 is 14.6 Å². The molecule has 3 aromatic rings. The van der Waals surface area contributed by atoms with Crippen LogP contribution < -0.4 is 5.32 Å². The van der Waals surface area contributed by atoms with Gasteiger partial charge in [0.25, 0.3) is 0 Å². The van der Waals surface area contributed by atoms with Crippen LogP contribution in [0.1, 0.15) is 28.1 Å². The number of benzene rings is 2. The topological polar surface area (TPSA) is 61.6 Å². The molecule has 4 rings (SSSR count). The van der Waals surface area contributed by atoms with Crippen LogP contribution in [0.4, 0.5) is 10.5 Å². The molecule has 1 aliphatic rings. The smallest absolute Gasteiger partial charge is 0.321 e. The van der Waals surface area contributed by atoms with E-state index in [1.165, 1.54) is 11.1 Å². The number of nitrogens with one attached hydrogen (secondary N) is 1. The van der Waals surface area contributed by atoms with Gasteiger partial charge in [-0.05, 0) is 57.0 Å². The third kappa shape index (κ3) is 4.80. The lowest BCUT2D eigenvalue weighted by Gasteiger charge is -2.34. The highest BCUT2D eigenvalue weighted by Gasteiger charge is 2.23. The van der Waals surface area contributed by atoms with Crippen LogP contribution >= 0.6 is 0 Å². The highest BCUT2D eigenvalue weighted by atomic mass is 16.4. The summed E-state index contributed by atoms with van der Waals surface area (Å²) in [4.78, 5) is 21.6. The summed E-state index contributed by atoms with van der Waals surface area (Å²) < 4.78 is 5.92. The highest BCUT2D eigenvalue weighted by molar-refractivity contribution is 5.90. The molecular weight excluding hydrogens is 388 g/mol. The number of carbonyl (C=O) groups is 1. The van der Waals surface area contributed by atoms with Gasteiger partial charge in [0.1, 0.15) is 5.76 Å². The van der Waals surface area contributed by atoms with Gasteiger partial charge in [-0.2, -0.15) is 0 Å². The number of aryl methyl sites for hydroxylation is 3. The van der Waals surface area contributed by atoms with E-state index in [9.17, 15) is 4.79 Å². The van der Waals surface area contributed by atoms with Crippen molar-refractivity contribution in [2.45, 2.75) is 34.2 Å². The van der Waals surface area contributed by atoms with E-state index in [0.717, 1.165) is 47.9 Å². The van der Waals surface area contributed by atoms with E-state index in [4.69, 9.17) is 9.40 Å². The molecule has 0 aliphatic carbocycles. The zero-order chi connectivity index (χ0) is 22.0. The molecule has 2 amide bonds. The minimum absolute atomic E-state index is 0.0346. The number of rotatable bonds is 4. The van der Waals surface area contributed by atoms with Crippen molar-refractivity contribution in [2.24, 2.45) is 0 Å². The van der Waals surface area contributed by atoms with Crippen LogP contribution in [-0.4, -0.2) is 47.0 Å². The van der Waals surface area contributed by atoms with Crippen molar-refractivity contribution in [1.29, 1.82) is 0 Å². The third-order valence-corrected chi connectivity index (χ3v) is 6.07. The maximum absolute atomic E-state index is 12.7. The van der Waals surface area contributed by atoms with Crippen LogP contribution in [-0.2, 0) is 6.54 Å². The molecule has 0 atom stereocenters. The summed E-state index contributed by atoms with van der Waals surface area (Å²) in [6.07, 6.45) is 0. The molecule has 6 nitrogen and oxygen atoms in total. The number of hydrogen-bond acceptors (Lipinski definition) is 4. The van der Waals surface area contributed by atoms with Gasteiger partial charge in [0.15, 0.2) is 0 Å². The van der Waals surface area contributed by atoms with Crippen LogP contribution in [0.5, 0.6) is 0 Å². The summed E-state index contributed by atoms with van der Waals surface area (Å²) in [5, 5.41) is 3.06. The fourth-order valence-electron chi connectivity index (χ4n) is 3.80. The van der Waals surface area contributed by atoms with E-state index in [-0.39, 0.29) is 6.03 Å². The van der Waals surface area contributed by atoms with E-state index in [0.29, 0.717) is 19.0 Å². The second-order valence-corrected chi connectivity index (χ2v) is 8.33. The summed E-state index contributed by atoms with van der Waals surface area (Å²) in [6.45, 7) is 11.9. The molecule has 0 radical (unpaired) electrons. The van der Waals surface area contributed by atoms with Crippen molar-refractivity contribution in [3.8, 4) is 11.5 Å². The Morgan fingerprint density at radius 2 is 1.71 bits per heavy atom. The van der Waals surface area contributed by atoms with Gasteiger partial charge in [-0.25, -0.2) is 9.78 Å². The zero-order valence-corrected chi connectivity index (χ0v) is 18.7. The van der Waals surface area contributed by atoms with Crippen LogP contribution in [0.2, 0.25) is 0 Å². The van der Waals surface area contributed by atoms with E-state index in [2.05, 4.69) is 42.3 Å². The summed E-state index contributed by atoms with van der Waals surface area (Å²) in [5.41, 5.74) is 6.34. The average molecular weight is 419 g/mol. The Kier molecular flexibility index (Phi) is 6.09. The maximum Gasteiger partial charge on any atom is 0.321 e. The van der Waals surface area contributed by atoms with Crippen molar-refractivity contribution in [1.82, 2.24) is 14.8 Å². The highest BCUT2D eigenvalue weighted by Crippen LogP contribution is 2.23. The minimum atomic E-state index is -0.0346. The summed E-state index contributed by atoms with van der Waals surface area (Å²) in [6, 6.07) is 14.2. The van der Waals surface area contributed by atoms with Crippen molar-refractivity contribution in [3.05, 3.63) is 70.6 Å². The molecule has 162 valence electrons. The summed E-state index contributed by atoms with van der Waals surface area (Å²) >= 11 is 0. The summed E-state index contributed by atoms with van der Waals surface area (Å²) in [5.74, 6) is 1.52. The Labute approximate surface area is 183 Å². The van der Waals surface area contributed by atoms with Crippen molar-refractivity contribution >= 4 is 11.7 Å². The second kappa shape index (κ2) is 8.94. The molecule has 0 spiro atoms. The Bertz CT molecular complexity index is 1060. The lowest BCUT2D eigenvalue weighted by Crippen LogP contribution is -2.49. The molecule has 0 bridgehead atoms. The number of nitrogens with zero attached hydrogens (tertiary/aromatic N) is 3. The van der Waals surface area contributed by atoms with E-state index in [1.54, 1.807) is 0 Å². The molecule has 2 aromatic carbocycles. The number of anilines is 1. The molecule has 31 heavy (non-hydrogen) atoms. The normalized spacial score (nSPS) is 14.6. The predicted octanol–water partition coefficient (Wildman–Crippen LogP) is 4.92. The van der Waals surface area contributed by atoms with Crippen molar-refractivity contribution < 1.29 is 9.21 Å². The lowest BCUT2D eigenvalue weighted by molar-refractivity contribution is 0.141. The van der Waals surface area contributed by atoms with Gasteiger partial charge in [0.05, 0.1) is 5.69 Å². The van der Waals surface area contributed by atoms with E-state index in [1.807, 2.05) is 43.0 Å². The minimum Gasteiger partial charge on any atom is -0.441 e. The number of aromatic nitrogens is 1. The number of oxazole rings is 1. The molecule has 1 aromatic heterocycles. The fraction of sp³-hybridized carbons (Fsp3) is 0.360. The SMILES string of the molecule is Cc1ccc(-c2nc(CN3CCN(C(=O)Nc4cccc(C)c4C)CC3)c(C)o2)cc1. The molecule has 1 saturated heterocycles. The van der Waals surface area contributed by atoms with E-state index < -0.39 is 0 Å². The molecule has 0 unspecified atom stereocenters. The number of piperazine rings is 1. The molecule has 1 fully saturated rings. The van der Waals surface area contributed by atoms with E-state index >= 15 is 0 Å². The molecular formula is C25H30N4O2. The number of hydrogen-bond donors (Lipinski definition) is 1. The van der Waals surface area contributed by atoms with Gasteiger partial charge in [0, 0.05) is 44.0 Å². The number of carbonyl (C=O) groups excluding carboxylic acids is 1. The van der Waals surface area contributed by atoms with Gasteiger partial charge in [-0.3, -0.25) is 4.90 Å². The second-order valence-electron chi connectivity index (χ2n) is 8.33. The fourth-order valence-corrected chi connectivity index (χ4v) is 3.80. The largest absolute Gasteiger partial charge is 0.441 e. The van der Waals surface area contributed by atoms with Crippen molar-refractivity contribution in [2.75, 3.05) is 31.5 Å². The molecule has 6 heteroatoms. The monoisotopic (exact) mass is 418 g/mol. The van der Waals surface area contributed by atoms with Gasteiger partial charge >= 0.3 is 6.03 Å². The Hall–Kier alpha value is -3.12. The first kappa shape index (κ1) is 21.1. The first-order valence-corrected chi connectivity index (χ1v) is 10.8. The number of urea groups is 1. The first-order chi connectivity index (χ1) is 14.9. The maximum atomic E-state index is 12.7. The van der Waals surface area contributed by atoms with Crippen LogP contribution in [0.3, 0.4) is 0 Å². The molecule has 1 aliphatic heterocycles. The van der Waals surface area contributed by atoms with Crippen LogP contribution in [0.25, 0.3) is 11.5 Å². The van der Waals surface area contributed by atoms with Crippen LogP contribution in [0.15, 0.2) is 46.9 Å². The van der Waals surface area contributed by atoms with Gasteiger partial charge in [0.2, 0.25) is 5.89 Å². The lowest BCUT2D eigenvalue weighted by atomic mass is 10.1. The van der Waals surface area contributed by atoms with Gasteiger partial charge in [-0.15, -0.1) is 0 Å². The first-order valence-electron chi connectivity index (χ1n) is 10.8. The molecule has 2 heterocycles. The molecule has 1 N–H and O–H groups in total. The molecule has 0 saturated carbocycles. The summed E-state index contributed by atoms with van der Waals surface area (Å²) in [7, 11) is 0. The standard InChI is InChI=1S/C25H30N4O2/c1-17-8-10-21(11-9-17)24-26-23(20(4)31-24)16-28-12-14-29(15-13-28)25(30)27-22-7-5-6-18(2)19(22)3/h5-11H,12-16H2,1-4H3,(H,27,30). The van der Waals surface area contributed by atoms with Crippen molar-refractivity contribution in [3.63, 3.8) is 0 Å². The third-order valence-electron chi connectivity index (χ3n) is 6.07. The number of amides is 2. The quantitative estimate of drug-likeness (QED) is 0.653. The Morgan fingerprint density at radius 1 is 1.00 bits per heavy atom. The van der Waals surface area contributed by atoms with Crippen LogP contribution in [0, 0.1) is 27.7 Å². The Balaban J connectivity index is 1.33. The average Bonchev–Trinajstić information content (AvgIpc) is 3.12. The Morgan fingerprint density at radius 3 is 2.42 bits per heavy atom. The predicted molar refractivity (Wildman–Crippen MR) is 123 cm³/mol. The van der Waals surface area contributed by atoms with Gasteiger partial charge in [-0.1, -0.05) is 29.8 Å². The zero-order valence-electron chi connectivity index (χ0n) is 18.7.